The van der Waals surface area contributed by atoms with Crippen LogP contribution in [-0.2, 0) is 16.0 Å². The van der Waals surface area contributed by atoms with Gasteiger partial charge in [0, 0.05) is 12.3 Å². The van der Waals surface area contributed by atoms with Gasteiger partial charge in [-0.15, -0.1) is 6.58 Å². The third kappa shape index (κ3) is 7.55. The fourth-order valence-corrected chi connectivity index (χ4v) is 2.91. The summed E-state index contributed by atoms with van der Waals surface area (Å²) in [6.07, 6.45) is 5.98. The molecule has 0 saturated heterocycles. The molecule has 1 aromatic rings. The van der Waals surface area contributed by atoms with E-state index in [1.807, 2.05) is 43.3 Å². The Morgan fingerprint density at radius 3 is 2.54 bits per heavy atom. The predicted octanol–water partition coefficient (Wildman–Crippen LogP) is 3.60. The highest BCUT2D eigenvalue weighted by Crippen LogP contribution is 2.21. The van der Waals surface area contributed by atoms with E-state index in [1.165, 1.54) is 0 Å². The molecule has 0 fully saturated rings. The smallest absolute Gasteiger partial charge is 0.320 e. The molecule has 2 unspecified atom stereocenters. The Balaban J connectivity index is 2.64. The van der Waals surface area contributed by atoms with E-state index in [-0.39, 0.29) is 17.6 Å². The highest BCUT2D eigenvalue weighted by Gasteiger charge is 2.23. The Morgan fingerprint density at radius 2 is 1.96 bits per heavy atom. The lowest BCUT2D eigenvalue weighted by Gasteiger charge is -2.19. The molecule has 0 aliphatic heterocycles. The van der Waals surface area contributed by atoms with Gasteiger partial charge in [0.1, 0.15) is 11.8 Å². The summed E-state index contributed by atoms with van der Waals surface area (Å²) in [5.74, 6) is -0.869. The number of unbranched alkanes of at least 4 members (excludes halogenated alkanes) is 1. The van der Waals surface area contributed by atoms with Crippen LogP contribution >= 0.6 is 0 Å². The number of benzene rings is 1. The number of hydrogen-bond acceptors (Lipinski definition) is 3. The molecule has 0 amide bonds. The molecule has 24 heavy (non-hydrogen) atoms. The third-order valence-corrected chi connectivity index (χ3v) is 4.26. The topological polar surface area (TPSA) is 80.4 Å². The number of hydrogen-bond donors (Lipinski definition) is 2. The van der Waals surface area contributed by atoms with Crippen LogP contribution in [0.15, 0.2) is 43.0 Å². The van der Waals surface area contributed by atoms with Gasteiger partial charge >= 0.3 is 5.97 Å². The van der Waals surface area contributed by atoms with E-state index in [1.54, 1.807) is 0 Å². The van der Waals surface area contributed by atoms with Crippen molar-refractivity contribution in [1.29, 1.82) is 0 Å². The summed E-state index contributed by atoms with van der Waals surface area (Å²) >= 11 is 0. The van der Waals surface area contributed by atoms with Gasteiger partial charge in [0.25, 0.3) is 0 Å². The number of carboxylic acids is 1. The number of carbonyl (C=O) groups excluding carboxylic acids is 1. The van der Waals surface area contributed by atoms with Crippen molar-refractivity contribution >= 4 is 11.8 Å². The molecule has 4 heteroatoms. The van der Waals surface area contributed by atoms with E-state index in [0.29, 0.717) is 12.8 Å². The minimum atomic E-state index is -1.01. The average molecular weight is 331 g/mol. The van der Waals surface area contributed by atoms with E-state index in [2.05, 4.69) is 6.58 Å². The van der Waals surface area contributed by atoms with Crippen LogP contribution in [0.25, 0.3) is 0 Å². The van der Waals surface area contributed by atoms with E-state index in [0.717, 1.165) is 31.2 Å². The SMILES string of the molecule is C=CCCCC(Cc1ccccc1)C(=O)CC(C)C[C@H](N)C(=O)O. The van der Waals surface area contributed by atoms with Gasteiger partial charge in [-0.1, -0.05) is 43.3 Å². The molecule has 3 N–H and O–H groups in total. The molecule has 0 saturated carbocycles. The minimum absolute atomic E-state index is 0.0266. The maximum Gasteiger partial charge on any atom is 0.320 e. The van der Waals surface area contributed by atoms with Gasteiger partial charge in [-0.3, -0.25) is 9.59 Å². The molecule has 0 aromatic heterocycles. The molecule has 1 rings (SSSR count). The zero-order valence-corrected chi connectivity index (χ0v) is 14.5. The summed E-state index contributed by atoms with van der Waals surface area (Å²) in [7, 11) is 0. The molecular weight excluding hydrogens is 302 g/mol. The zero-order valence-electron chi connectivity index (χ0n) is 14.5. The second kappa shape index (κ2) is 10.8. The van der Waals surface area contributed by atoms with Gasteiger partial charge in [0.05, 0.1) is 0 Å². The molecular formula is C20H29NO3. The Kier molecular flexibility index (Phi) is 9.02. The van der Waals surface area contributed by atoms with Crippen molar-refractivity contribution in [1.82, 2.24) is 0 Å². The fraction of sp³-hybridized carbons (Fsp3) is 0.500. The Morgan fingerprint density at radius 1 is 1.29 bits per heavy atom. The number of Topliss-reactive ketones (excluding diaryl/α,β-unsaturated/α-hetero) is 1. The molecule has 0 aliphatic carbocycles. The van der Waals surface area contributed by atoms with Crippen molar-refractivity contribution in [3.05, 3.63) is 48.6 Å². The van der Waals surface area contributed by atoms with Crippen LogP contribution in [-0.4, -0.2) is 22.9 Å². The molecule has 0 radical (unpaired) electrons. The summed E-state index contributed by atoms with van der Waals surface area (Å²) < 4.78 is 0. The highest BCUT2D eigenvalue weighted by molar-refractivity contribution is 5.81. The largest absolute Gasteiger partial charge is 0.480 e. The van der Waals surface area contributed by atoms with Crippen LogP contribution in [0.1, 0.15) is 44.6 Å². The summed E-state index contributed by atoms with van der Waals surface area (Å²) in [6.45, 7) is 5.62. The van der Waals surface area contributed by atoms with E-state index in [9.17, 15) is 9.59 Å². The van der Waals surface area contributed by atoms with Crippen LogP contribution in [0.2, 0.25) is 0 Å². The van der Waals surface area contributed by atoms with Crippen LogP contribution in [0.3, 0.4) is 0 Å². The molecule has 1 aromatic carbocycles. The Bertz CT molecular complexity index is 527. The van der Waals surface area contributed by atoms with Crippen molar-refractivity contribution in [2.24, 2.45) is 17.6 Å². The maximum absolute atomic E-state index is 12.7. The lowest BCUT2D eigenvalue weighted by atomic mass is 9.85. The second-order valence-electron chi connectivity index (χ2n) is 6.56. The first kappa shape index (κ1) is 20.1. The number of allylic oxidation sites excluding steroid dienone is 1. The number of aliphatic carboxylic acids is 1. The normalized spacial score (nSPS) is 14.6. The number of nitrogens with two attached hydrogens (primary N) is 1. The lowest BCUT2D eigenvalue weighted by Crippen LogP contribution is -2.32. The predicted molar refractivity (Wildman–Crippen MR) is 96.7 cm³/mol. The van der Waals surface area contributed by atoms with Crippen molar-refractivity contribution in [2.45, 2.75) is 51.5 Å². The van der Waals surface area contributed by atoms with Gasteiger partial charge in [-0.25, -0.2) is 0 Å². The van der Waals surface area contributed by atoms with Gasteiger partial charge in [0.15, 0.2) is 0 Å². The van der Waals surface area contributed by atoms with E-state index < -0.39 is 12.0 Å². The number of carboxylic acid groups (broad SMARTS) is 1. The van der Waals surface area contributed by atoms with Crippen molar-refractivity contribution < 1.29 is 14.7 Å². The summed E-state index contributed by atoms with van der Waals surface area (Å²) in [5, 5.41) is 8.89. The molecule has 4 nitrogen and oxygen atoms in total. The standard InChI is InChI=1S/C20H29NO3/c1-3-4-6-11-17(14-16-9-7-5-8-10-16)19(22)13-15(2)12-18(21)20(23)24/h3,5,7-10,15,17-18H,1,4,6,11-14,21H2,2H3,(H,23,24)/t15?,17?,18-/m0/s1. The zero-order chi connectivity index (χ0) is 17.9. The molecule has 0 heterocycles. The van der Waals surface area contributed by atoms with Crippen LogP contribution in [0.5, 0.6) is 0 Å². The summed E-state index contributed by atoms with van der Waals surface area (Å²) in [6, 6.07) is 9.10. The third-order valence-electron chi connectivity index (χ3n) is 4.26. The van der Waals surface area contributed by atoms with Crippen molar-refractivity contribution in [3.8, 4) is 0 Å². The highest BCUT2D eigenvalue weighted by atomic mass is 16.4. The van der Waals surface area contributed by atoms with E-state index >= 15 is 0 Å². The minimum Gasteiger partial charge on any atom is -0.480 e. The molecule has 132 valence electrons. The second-order valence-corrected chi connectivity index (χ2v) is 6.56. The maximum atomic E-state index is 12.7. The van der Waals surface area contributed by atoms with Crippen LogP contribution in [0.4, 0.5) is 0 Å². The first-order valence-corrected chi connectivity index (χ1v) is 8.60. The Labute approximate surface area is 144 Å². The van der Waals surface area contributed by atoms with Gasteiger partial charge in [0.2, 0.25) is 0 Å². The fourth-order valence-electron chi connectivity index (χ4n) is 2.91. The van der Waals surface area contributed by atoms with Crippen LogP contribution in [0, 0.1) is 11.8 Å². The molecule has 0 spiro atoms. The number of rotatable bonds is 12. The number of ketones is 1. The van der Waals surface area contributed by atoms with Crippen molar-refractivity contribution in [2.75, 3.05) is 0 Å². The molecule has 0 aliphatic rings. The van der Waals surface area contributed by atoms with Gasteiger partial charge in [-0.05, 0) is 43.6 Å². The first-order chi connectivity index (χ1) is 11.4. The lowest BCUT2D eigenvalue weighted by molar-refractivity contribution is -0.139. The summed E-state index contributed by atoms with van der Waals surface area (Å²) in [4.78, 5) is 23.5. The van der Waals surface area contributed by atoms with Gasteiger partial charge < -0.3 is 10.8 Å². The molecule has 0 bridgehead atoms. The van der Waals surface area contributed by atoms with E-state index in [4.69, 9.17) is 10.8 Å². The summed E-state index contributed by atoms with van der Waals surface area (Å²) in [5.41, 5.74) is 6.73. The van der Waals surface area contributed by atoms with Gasteiger partial charge in [-0.2, -0.15) is 0 Å². The first-order valence-electron chi connectivity index (χ1n) is 8.60. The Hall–Kier alpha value is -1.94. The van der Waals surface area contributed by atoms with Crippen LogP contribution < -0.4 is 5.73 Å². The monoisotopic (exact) mass is 331 g/mol. The molecule has 3 atom stereocenters. The van der Waals surface area contributed by atoms with Crippen molar-refractivity contribution in [3.63, 3.8) is 0 Å². The average Bonchev–Trinajstić information content (AvgIpc) is 2.54. The number of carbonyl (C=O) groups is 2. The quantitative estimate of drug-likeness (QED) is 0.453.